The fraction of sp³-hybridized carbons (Fsp3) is 0.438. The van der Waals surface area contributed by atoms with Crippen LogP contribution in [0.25, 0.3) is 0 Å². The number of hydrogen-bond acceptors (Lipinski definition) is 7. The molecule has 0 amide bonds. The molecule has 0 spiro atoms. The molecule has 1 aromatic rings. The number of carbonyl (C=O) groups excluding carboxylic acids is 1. The maximum absolute atomic E-state index is 12.8. The molecule has 8 heteroatoms. The molecule has 0 aromatic carbocycles. The van der Waals surface area contributed by atoms with Crippen molar-refractivity contribution in [2.75, 3.05) is 19.5 Å². The quantitative estimate of drug-likeness (QED) is 0.349. The molecule has 24 heavy (non-hydrogen) atoms. The minimum absolute atomic E-state index is 0.0874. The van der Waals surface area contributed by atoms with Crippen LogP contribution in [0.5, 0.6) is 0 Å². The van der Waals surface area contributed by atoms with Crippen LogP contribution >= 0.6 is 11.8 Å². The van der Waals surface area contributed by atoms with Gasteiger partial charge in [-0.15, -0.1) is 11.8 Å². The van der Waals surface area contributed by atoms with E-state index in [1.807, 2.05) is 6.07 Å². The lowest BCUT2D eigenvalue weighted by molar-refractivity contribution is -0.141. The average molecular weight is 351 g/mol. The molecule has 0 bridgehead atoms. The second-order valence-electron chi connectivity index (χ2n) is 5.10. The van der Waals surface area contributed by atoms with Gasteiger partial charge < -0.3 is 14.8 Å². The number of ether oxygens (including phenoxy) is 2. The monoisotopic (exact) mass is 351 g/mol. The van der Waals surface area contributed by atoms with Gasteiger partial charge in [0.2, 0.25) is 5.95 Å². The third kappa shape index (κ3) is 5.22. The van der Waals surface area contributed by atoms with Crippen LogP contribution in [0.4, 0.5) is 4.39 Å². The van der Waals surface area contributed by atoms with Gasteiger partial charge in [0.1, 0.15) is 12.7 Å². The number of halogens is 1. The van der Waals surface area contributed by atoms with E-state index >= 15 is 0 Å². The van der Waals surface area contributed by atoms with Crippen LogP contribution in [0.1, 0.15) is 18.4 Å². The lowest BCUT2D eigenvalue weighted by Gasteiger charge is -2.13. The maximum Gasteiger partial charge on any atom is 0.351 e. The Kier molecular flexibility index (Phi) is 7.03. The first-order valence-corrected chi connectivity index (χ1v) is 8.68. The fourth-order valence-electron chi connectivity index (χ4n) is 2.16. The predicted molar refractivity (Wildman–Crippen MR) is 87.1 cm³/mol. The third-order valence-corrected chi connectivity index (χ3v) is 4.17. The van der Waals surface area contributed by atoms with Crippen molar-refractivity contribution in [1.82, 2.24) is 10.3 Å². The largest absolute Gasteiger partial charge is 0.459 e. The molecule has 1 aromatic heterocycles. The zero-order chi connectivity index (χ0) is 17.4. The zero-order valence-electron chi connectivity index (χ0n) is 13.3. The SMILES string of the molecule is CS/C(NCc1ccc(F)nc1)=C(\C#N)C(=O)OCC1CCCO1. The van der Waals surface area contributed by atoms with E-state index in [1.165, 1.54) is 24.0 Å². The summed E-state index contributed by atoms with van der Waals surface area (Å²) in [6, 6.07) is 4.71. The molecule has 1 saturated heterocycles. The maximum atomic E-state index is 12.8. The molecule has 0 aliphatic carbocycles. The zero-order valence-corrected chi connectivity index (χ0v) is 14.1. The number of nitrogens with one attached hydrogen (secondary N) is 1. The molecule has 1 N–H and O–H groups in total. The third-order valence-electron chi connectivity index (χ3n) is 3.41. The van der Waals surface area contributed by atoms with E-state index in [-0.39, 0.29) is 18.3 Å². The van der Waals surface area contributed by atoms with Gasteiger partial charge in [-0.25, -0.2) is 9.78 Å². The van der Waals surface area contributed by atoms with Crippen LogP contribution in [0.15, 0.2) is 28.9 Å². The highest BCUT2D eigenvalue weighted by Crippen LogP contribution is 2.17. The summed E-state index contributed by atoms with van der Waals surface area (Å²) in [6.07, 6.45) is 4.85. The van der Waals surface area contributed by atoms with Crippen molar-refractivity contribution in [3.63, 3.8) is 0 Å². The second kappa shape index (κ2) is 9.25. The molecule has 128 valence electrons. The molecular formula is C16H18FN3O3S. The van der Waals surface area contributed by atoms with Crippen molar-refractivity contribution in [2.24, 2.45) is 0 Å². The molecule has 0 saturated carbocycles. The lowest BCUT2D eigenvalue weighted by atomic mass is 10.2. The number of hydrogen-bond donors (Lipinski definition) is 1. The van der Waals surface area contributed by atoms with Crippen LogP contribution in [0.3, 0.4) is 0 Å². The number of rotatable bonds is 7. The normalized spacial score (nSPS) is 17.8. The average Bonchev–Trinajstić information content (AvgIpc) is 3.11. The van der Waals surface area contributed by atoms with Crippen LogP contribution in [-0.4, -0.2) is 36.5 Å². The van der Waals surface area contributed by atoms with Crippen LogP contribution in [-0.2, 0) is 20.8 Å². The van der Waals surface area contributed by atoms with Crippen LogP contribution in [0.2, 0.25) is 0 Å². The molecular weight excluding hydrogens is 333 g/mol. The summed E-state index contributed by atoms with van der Waals surface area (Å²) in [7, 11) is 0. The Morgan fingerprint density at radius 2 is 2.46 bits per heavy atom. The lowest BCUT2D eigenvalue weighted by Crippen LogP contribution is -2.21. The van der Waals surface area contributed by atoms with E-state index < -0.39 is 11.9 Å². The summed E-state index contributed by atoms with van der Waals surface area (Å²) in [4.78, 5) is 15.7. The molecule has 1 fully saturated rings. The van der Waals surface area contributed by atoms with E-state index in [4.69, 9.17) is 9.47 Å². The van der Waals surface area contributed by atoms with Gasteiger partial charge in [-0.1, -0.05) is 6.07 Å². The van der Waals surface area contributed by atoms with E-state index in [0.29, 0.717) is 18.2 Å². The van der Waals surface area contributed by atoms with Crippen LogP contribution < -0.4 is 5.32 Å². The van der Waals surface area contributed by atoms with Gasteiger partial charge in [0.05, 0.1) is 11.1 Å². The van der Waals surface area contributed by atoms with E-state index in [1.54, 1.807) is 12.3 Å². The van der Waals surface area contributed by atoms with Crippen molar-refractivity contribution in [1.29, 1.82) is 5.26 Å². The molecule has 1 aliphatic heterocycles. The van der Waals surface area contributed by atoms with Gasteiger partial charge in [0.15, 0.2) is 5.57 Å². The summed E-state index contributed by atoms with van der Waals surface area (Å²) in [5.41, 5.74) is 0.642. The Bertz CT molecular complexity index is 637. The van der Waals surface area contributed by atoms with E-state index in [0.717, 1.165) is 18.4 Å². The Labute approximate surface area is 144 Å². The number of nitriles is 1. The predicted octanol–water partition coefficient (Wildman–Crippen LogP) is 2.13. The molecule has 6 nitrogen and oxygen atoms in total. The van der Waals surface area contributed by atoms with E-state index in [2.05, 4.69) is 10.3 Å². The first kappa shape index (κ1) is 18.2. The summed E-state index contributed by atoms with van der Waals surface area (Å²) in [5, 5.41) is 12.7. The highest BCUT2D eigenvalue weighted by atomic mass is 32.2. The van der Waals surface area contributed by atoms with Crippen molar-refractivity contribution in [2.45, 2.75) is 25.5 Å². The van der Waals surface area contributed by atoms with E-state index in [9.17, 15) is 14.4 Å². The molecule has 1 unspecified atom stereocenters. The molecule has 2 rings (SSSR count). The molecule has 1 atom stereocenters. The number of pyridine rings is 1. The Balaban J connectivity index is 1.97. The Morgan fingerprint density at radius 1 is 1.62 bits per heavy atom. The Hall–Kier alpha value is -2.11. The van der Waals surface area contributed by atoms with Gasteiger partial charge >= 0.3 is 5.97 Å². The highest BCUT2D eigenvalue weighted by Gasteiger charge is 2.21. The van der Waals surface area contributed by atoms with Crippen LogP contribution in [0, 0.1) is 17.3 Å². The summed E-state index contributed by atoms with van der Waals surface area (Å²) in [5.74, 6) is -1.24. The van der Waals surface area contributed by atoms with Gasteiger partial charge in [-0.2, -0.15) is 9.65 Å². The minimum Gasteiger partial charge on any atom is -0.459 e. The number of aromatic nitrogens is 1. The van der Waals surface area contributed by atoms with Gasteiger partial charge in [-0.3, -0.25) is 0 Å². The summed E-state index contributed by atoms with van der Waals surface area (Å²) < 4.78 is 23.3. The highest BCUT2D eigenvalue weighted by molar-refractivity contribution is 8.02. The first-order chi connectivity index (χ1) is 11.6. The fourth-order valence-corrected chi connectivity index (χ4v) is 2.71. The van der Waals surface area contributed by atoms with Crippen molar-refractivity contribution < 1.29 is 18.7 Å². The van der Waals surface area contributed by atoms with Crippen molar-refractivity contribution in [3.05, 3.63) is 40.4 Å². The number of nitrogens with zero attached hydrogens (tertiary/aromatic N) is 2. The van der Waals surface area contributed by atoms with Gasteiger partial charge in [0, 0.05) is 19.3 Å². The first-order valence-electron chi connectivity index (χ1n) is 7.45. The molecule has 1 aliphatic rings. The smallest absolute Gasteiger partial charge is 0.351 e. The number of thioether (sulfide) groups is 1. The summed E-state index contributed by atoms with van der Waals surface area (Å²) in [6.45, 7) is 1.13. The topological polar surface area (TPSA) is 84.2 Å². The van der Waals surface area contributed by atoms with Crippen molar-refractivity contribution in [3.8, 4) is 6.07 Å². The van der Waals surface area contributed by atoms with Crippen molar-refractivity contribution >= 4 is 17.7 Å². The standard InChI is InChI=1S/C16H18FN3O3S/c1-24-15(20-9-11-4-5-14(17)19-8-11)13(7-18)16(21)23-10-12-3-2-6-22-12/h4-5,8,12,20H,2-3,6,9-10H2,1H3/b15-13+. The number of carbonyl (C=O) groups is 1. The molecule has 2 heterocycles. The summed E-state index contributed by atoms with van der Waals surface area (Å²) >= 11 is 1.23. The Morgan fingerprint density at radius 3 is 3.04 bits per heavy atom. The van der Waals surface area contributed by atoms with Gasteiger partial charge in [0.25, 0.3) is 0 Å². The molecule has 0 radical (unpaired) electrons. The minimum atomic E-state index is -0.679. The second-order valence-corrected chi connectivity index (χ2v) is 5.91. The number of esters is 1. The van der Waals surface area contributed by atoms with Gasteiger partial charge in [-0.05, 0) is 30.7 Å².